The number of aromatic nitrogens is 5. The second kappa shape index (κ2) is 9.02. The number of rotatable bonds is 6. The number of likely N-dealkylation sites (N-methyl/N-ethyl adjacent to an activating group) is 1. The summed E-state index contributed by atoms with van der Waals surface area (Å²) in [5.41, 5.74) is 2.72. The molecule has 0 aliphatic heterocycles. The zero-order valence-electron chi connectivity index (χ0n) is 19.2. The third kappa shape index (κ3) is 4.83. The normalized spacial score (nSPS) is 12.8. The van der Waals surface area contributed by atoms with Gasteiger partial charge in [0, 0.05) is 37.4 Å². The number of carbonyl (C=O) groups is 1. The average Bonchev–Trinajstić information content (AvgIpc) is 3.40. The fourth-order valence-corrected chi connectivity index (χ4v) is 3.70. The third-order valence-corrected chi connectivity index (χ3v) is 5.71. The lowest BCUT2D eigenvalue weighted by Gasteiger charge is -2.23. The summed E-state index contributed by atoms with van der Waals surface area (Å²) in [4.78, 5) is 22.9. The molecule has 1 atom stereocenters. The van der Waals surface area contributed by atoms with Crippen LogP contribution in [0.25, 0.3) is 27.8 Å². The molecule has 4 heterocycles. The Morgan fingerprint density at radius 3 is 2.63 bits per heavy atom. The number of hydrogen-bond donors (Lipinski definition) is 2. The van der Waals surface area contributed by atoms with Gasteiger partial charge in [-0.3, -0.25) is 19.0 Å². The van der Waals surface area contributed by atoms with Crippen molar-refractivity contribution in [1.29, 1.82) is 0 Å². The van der Waals surface area contributed by atoms with E-state index < -0.39 is 12.7 Å². The molecule has 0 spiro atoms. The van der Waals surface area contributed by atoms with Crippen molar-refractivity contribution >= 4 is 16.8 Å². The van der Waals surface area contributed by atoms with Crippen molar-refractivity contribution in [1.82, 2.24) is 29.2 Å². The zero-order chi connectivity index (χ0) is 25.5. The van der Waals surface area contributed by atoms with Gasteiger partial charge in [-0.1, -0.05) is 0 Å². The molecule has 0 fully saturated rings. The van der Waals surface area contributed by atoms with Crippen LogP contribution in [0.5, 0.6) is 5.88 Å². The standard InChI is InChI=1S/C23H23F3N6O3/c1-13-4-18(15-5-16(7-27-6-15)21(34)30(3)14(2)11-33)29-19-10-32(22(35)20(13)19)17-8-28-31(9-17)12-23(24,25)26/h4-10,14,33,35H,11-12H2,1-3H3. The fourth-order valence-electron chi connectivity index (χ4n) is 3.70. The van der Waals surface area contributed by atoms with E-state index in [9.17, 15) is 28.2 Å². The summed E-state index contributed by atoms with van der Waals surface area (Å²) in [6.07, 6.45) is 2.48. The number of amides is 1. The number of aromatic hydroxyl groups is 1. The molecule has 184 valence electrons. The van der Waals surface area contributed by atoms with Crippen LogP contribution in [0.15, 0.2) is 43.1 Å². The first-order valence-electron chi connectivity index (χ1n) is 10.6. The average molecular weight is 488 g/mol. The molecule has 4 aromatic heterocycles. The molecule has 2 N–H and O–H groups in total. The van der Waals surface area contributed by atoms with Crippen molar-refractivity contribution in [3.8, 4) is 22.8 Å². The Morgan fingerprint density at radius 1 is 1.20 bits per heavy atom. The van der Waals surface area contributed by atoms with Gasteiger partial charge in [0.15, 0.2) is 0 Å². The summed E-state index contributed by atoms with van der Waals surface area (Å²) in [6, 6.07) is 3.00. The lowest BCUT2D eigenvalue weighted by atomic mass is 10.1. The van der Waals surface area contributed by atoms with E-state index in [0.717, 1.165) is 4.68 Å². The van der Waals surface area contributed by atoms with Crippen molar-refractivity contribution in [3.63, 3.8) is 0 Å². The monoisotopic (exact) mass is 488 g/mol. The number of halogens is 3. The highest BCUT2D eigenvalue weighted by Crippen LogP contribution is 2.34. The van der Waals surface area contributed by atoms with Crippen LogP contribution >= 0.6 is 0 Å². The summed E-state index contributed by atoms with van der Waals surface area (Å²) < 4.78 is 40.1. The van der Waals surface area contributed by atoms with Gasteiger partial charge in [-0.05, 0) is 31.5 Å². The SMILES string of the molecule is Cc1cc(-c2cncc(C(=O)N(C)C(C)CO)c2)nc2cn(-c3cnn(CC(F)(F)F)c3)c(O)c12. The van der Waals surface area contributed by atoms with Gasteiger partial charge in [-0.2, -0.15) is 18.3 Å². The topological polar surface area (TPSA) is 109 Å². The minimum absolute atomic E-state index is 0.176. The number of fused-ring (bicyclic) bond motifs is 1. The molecule has 0 aliphatic carbocycles. The molecule has 1 amide bonds. The van der Waals surface area contributed by atoms with Crippen LogP contribution in [0.1, 0.15) is 22.8 Å². The number of aryl methyl sites for hydroxylation is 1. The van der Waals surface area contributed by atoms with Crippen LogP contribution in [0.3, 0.4) is 0 Å². The van der Waals surface area contributed by atoms with E-state index in [1.807, 2.05) is 0 Å². The van der Waals surface area contributed by atoms with E-state index >= 15 is 0 Å². The first-order valence-corrected chi connectivity index (χ1v) is 10.6. The van der Waals surface area contributed by atoms with Gasteiger partial charge in [0.25, 0.3) is 5.91 Å². The first-order chi connectivity index (χ1) is 16.5. The van der Waals surface area contributed by atoms with Crippen molar-refractivity contribution in [2.45, 2.75) is 32.6 Å². The highest BCUT2D eigenvalue weighted by molar-refractivity contribution is 5.95. The maximum absolute atomic E-state index is 12.7. The molecule has 1 unspecified atom stereocenters. The fraction of sp³-hybridized carbons (Fsp3) is 0.304. The van der Waals surface area contributed by atoms with E-state index in [0.29, 0.717) is 33.3 Å². The number of aliphatic hydroxyl groups is 1. The Morgan fingerprint density at radius 2 is 1.94 bits per heavy atom. The molecule has 0 bridgehead atoms. The largest absolute Gasteiger partial charge is 0.494 e. The van der Waals surface area contributed by atoms with Gasteiger partial charge in [-0.25, -0.2) is 4.98 Å². The molecular formula is C23H23F3N6O3. The molecule has 35 heavy (non-hydrogen) atoms. The summed E-state index contributed by atoms with van der Waals surface area (Å²) in [5.74, 6) is -0.483. The summed E-state index contributed by atoms with van der Waals surface area (Å²) in [7, 11) is 1.59. The van der Waals surface area contributed by atoms with Gasteiger partial charge < -0.3 is 15.1 Å². The maximum Gasteiger partial charge on any atom is 0.408 e. The quantitative estimate of drug-likeness (QED) is 0.431. The Balaban J connectivity index is 1.71. The summed E-state index contributed by atoms with van der Waals surface area (Å²) >= 11 is 0. The Hall–Kier alpha value is -3.93. The van der Waals surface area contributed by atoms with Crippen molar-refractivity contribution in [3.05, 3.63) is 54.2 Å². The number of carbonyl (C=O) groups excluding carboxylic acids is 1. The highest BCUT2D eigenvalue weighted by Gasteiger charge is 2.28. The van der Waals surface area contributed by atoms with Crippen molar-refractivity contribution < 1.29 is 28.2 Å². The molecule has 0 saturated heterocycles. The second-order valence-corrected chi connectivity index (χ2v) is 8.33. The van der Waals surface area contributed by atoms with Crippen LogP contribution in [0, 0.1) is 6.92 Å². The van der Waals surface area contributed by atoms with Crippen molar-refractivity contribution in [2.24, 2.45) is 0 Å². The first kappa shape index (κ1) is 24.2. The number of pyridine rings is 2. The zero-order valence-corrected chi connectivity index (χ0v) is 19.2. The third-order valence-electron chi connectivity index (χ3n) is 5.71. The van der Waals surface area contributed by atoms with Gasteiger partial charge in [-0.15, -0.1) is 0 Å². The second-order valence-electron chi connectivity index (χ2n) is 8.33. The summed E-state index contributed by atoms with van der Waals surface area (Å²) in [6.45, 7) is 2.06. The minimum atomic E-state index is -4.42. The molecular weight excluding hydrogens is 465 g/mol. The van der Waals surface area contributed by atoms with Crippen LogP contribution in [-0.2, 0) is 6.54 Å². The Kier molecular flexibility index (Phi) is 6.24. The molecule has 0 radical (unpaired) electrons. The number of aliphatic hydroxyl groups excluding tert-OH is 1. The molecule has 0 aliphatic rings. The Bertz CT molecular complexity index is 1400. The van der Waals surface area contributed by atoms with Gasteiger partial charge in [0.05, 0.1) is 46.7 Å². The lowest BCUT2D eigenvalue weighted by molar-refractivity contribution is -0.142. The number of nitrogens with zero attached hydrogens (tertiary/aromatic N) is 6. The van der Waals surface area contributed by atoms with E-state index in [-0.39, 0.29) is 30.1 Å². The highest BCUT2D eigenvalue weighted by atomic mass is 19.4. The van der Waals surface area contributed by atoms with Crippen LogP contribution in [0.4, 0.5) is 13.2 Å². The molecule has 0 saturated carbocycles. The lowest BCUT2D eigenvalue weighted by Crippen LogP contribution is -2.37. The van der Waals surface area contributed by atoms with Gasteiger partial charge in [0.1, 0.15) is 6.54 Å². The Labute approximate surface area is 198 Å². The predicted molar refractivity (Wildman–Crippen MR) is 121 cm³/mol. The summed E-state index contributed by atoms with van der Waals surface area (Å²) in [5, 5.41) is 24.2. The molecule has 0 aromatic carbocycles. The number of alkyl halides is 3. The molecule has 4 rings (SSSR count). The van der Waals surface area contributed by atoms with E-state index in [1.54, 1.807) is 39.2 Å². The molecule has 9 nitrogen and oxygen atoms in total. The maximum atomic E-state index is 12.7. The molecule has 12 heteroatoms. The van der Waals surface area contributed by atoms with Crippen LogP contribution in [-0.4, -0.2) is 71.2 Å². The smallest absolute Gasteiger partial charge is 0.408 e. The van der Waals surface area contributed by atoms with E-state index in [2.05, 4.69) is 15.1 Å². The van der Waals surface area contributed by atoms with E-state index in [4.69, 9.17) is 0 Å². The molecule has 4 aromatic rings. The van der Waals surface area contributed by atoms with Gasteiger partial charge in [0.2, 0.25) is 5.88 Å². The van der Waals surface area contributed by atoms with Crippen LogP contribution < -0.4 is 0 Å². The predicted octanol–water partition coefficient (Wildman–Crippen LogP) is 3.31. The number of hydrogen-bond acceptors (Lipinski definition) is 6. The van der Waals surface area contributed by atoms with Crippen LogP contribution in [0.2, 0.25) is 0 Å². The minimum Gasteiger partial charge on any atom is -0.494 e. The van der Waals surface area contributed by atoms with Gasteiger partial charge >= 0.3 is 6.18 Å². The van der Waals surface area contributed by atoms with Crippen molar-refractivity contribution in [2.75, 3.05) is 13.7 Å². The van der Waals surface area contributed by atoms with E-state index in [1.165, 1.54) is 34.3 Å².